The minimum atomic E-state index is 0.558. The average molecular weight is 274 g/mol. The molecule has 1 aromatic heterocycles. The lowest BCUT2D eigenvalue weighted by molar-refractivity contribution is 0.653. The molecule has 0 aliphatic carbocycles. The van der Waals surface area contributed by atoms with Gasteiger partial charge in [-0.25, -0.2) is 4.98 Å². The summed E-state index contributed by atoms with van der Waals surface area (Å²) < 4.78 is 0. The number of halogens is 1. The van der Waals surface area contributed by atoms with Gasteiger partial charge in [0, 0.05) is 43.8 Å². The van der Waals surface area contributed by atoms with Gasteiger partial charge in [-0.2, -0.15) is 0 Å². The zero-order valence-corrected chi connectivity index (χ0v) is 11.4. The van der Waals surface area contributed by atoms with Crippen LogP contribution in [-0.2, 0) is 0 Å². The number of para-hydroxylation sites is 1. The minimum Gasteiger partial charge on any atom is -0.368 e. The molecule has 0 unspecified atom stereocenters. The van der Waals surface area contributed by atoms with E-state index in [2.05, 4.69) is 45.1 Å². The molecule has 2 aromatic rings. The number of benzene rings is 1. The molecule has 4 heteroatoms. The Morgan fingerprint density at radius 2 is 1.47 bits per heavy atom. The van der Waals surface area contributed by atoms with Crippen molar-refractivity contribution < 1.29 is 0 Å². The van der Waals surface area contributed by atoms with E-state index < -0.39 is 0 Å². The number of hydrogen-bond donors (Lipinski definition) is 0. The van der Waals surface area contributed by atoms with Gasteiger partial charge in [-0.15, -0.1) is 0 Å². The van der Waals surface area contributed by atoms with E-state index in [1.807, 2.05) is 12.1 Å². The molecule has 1 fully saturated rings. The molecule has 0 radical (unpaired) electrons. The standard InChI is InChI=1S/C15H16ClN3/c16-15-12-14(6-7-17-15)19-10-8-18(9-11-19)13-4-2-1-3-5-13/h1-7,12H,8-11H2. The van der Waals surface area contributed by atoms with Gasteiger partial charge in [-0.3, -0.25) is 0 Å². The Morgan fingerprint density at radius 1 is 0.842 bits per heavy atom. The van der Waals surface area contributed by atoms with Gasteiger partial charge in [0.1, 0.15) is 5.15 Å². The summed E-state index contributed by atoms with van der Waals surface area (Å²) in [7, 11) is 0. The molecule has 0 spiro atoms. The Morgan fingerprint density at radius 3 is 2.11 bits per heavy atom. The predicted molar refractivity (Wildman–Crippen MR) is 80.1 cm³/mol. The summed E-state index contributed by atoms with van der Waals surface area (Å²) in [6.07, 6.45) is 1.77. The van der Waals surface area contributed by atoms with Crippen molar-refractivity contribution in [2.24, 2.45) is 0 Å². The first-order valence-corrected chi connectivity index (χ1v) is 6.87. The van der Waals surface area contributed by atoms with Gasteiger partial charge in [-0.05, 0) is 24.3 Å². The highest BCUT2D eigenvalue weighted by Crippen LogP contribution is 2.21. The Labute approximate surface area is 118 Å². The van der Waals surface area contributed by atoms with Gasteiger partial charge in [-0.1, -0.05) is 29.8 Å². The molecule has 2 heterocycles. The Hall–Kier alpha value is -1.74. The van der Waals surface area contributed by atoms with E-state index in [9.17, 15) is 0 Å². The third-order valence-electron chi connectivity index (χ3n) is 3.48. The molecule has 3 nitrogen and oxygen atoms in total. The second kappa shape index (κ2) is 5.49. The second-order valence-corrected chi connectivity index (χ2v) is 5.03. The van der Waals surface area contributed by atoms with Crippen molar-refractivity contribution in [1.29, 1.82) is 0 Å². The smallest absolute Gasteiger partial charge is 0.131 e. The van der Waals surface area contributed by atoms with Crippen molar-refractivity contribution in [2.75, 3.05) is 36.0 Å². The fourth-order valence-electron chi connectivity index (χ4n) is 2.45. The minimum absolute atomic E-state index is 0.558. The van der Waals surface area contributed by atoms with Crippen molar-refractivity contribution >= 4 is 23.0 Å². The molecule has 19 heavy (non-hydrogen) atoms. The Kier molecular flexibility index (Phi) is 3.56. The van der Waals surface area contributed by atoms with E-state index in [1.165, 1.54) is 5.69 Å². The normalized spacial score (nSPS) is 15.6. The lowest BCUT2D eigenvalue weighted by Gasteiger charge is -2.37. The van der Waals surface area contributed by atoms with Crippen LogP contribution in [0.25, 0.3) is 0 Å². The van der Waals surface area contributed by atoms with Gasteiger partial charge in [0.25, 0.3) is 0 Å². The maximum atomic E-state index is 5.94. The number of hydrogen-bond acceptors (Lipinski definition) is 3. The van der Waals surface area contributed by atoms with Crippen LogP contribution in [0.2, 0.25) is 5.15 Å². The lowest BCUT2D eigenvalue weighted by atomic mass is 10.2. The largest absolute Gasteiger partial charge is 0.368 e. The quantitative estimate of drug-likeness (QED) is 0.784. The van der Waals surface area contributed by atoms with Crippen LogP contribution < -0.4 is 9.80 Å². The molecule has 3 rings (SSSR count). The van der Waals surface area contributed by atoms with Crippen molar-refractivity contribution in [1.82, 2.24) is 4.98 Å². The molecule has 1 aromatic carbocycles. The molecule has 0 amide bonds. The zero-order chi connectivity index (χ0) is 13.1. The van der Waals surface area contributed by atoms with Crippen LogP contribution in [0.3, 0.4) is 0 Å². The molecule has 0 bridgehead atoms. The SMILES string of the molecule is Clc1cc(N2CCN(c3ccccc3)CC2)ccn1. The fraction of sp³-hybridized carbons (Fsp3) is 0.267. The predicted octanol–water partition coefficient (Wildman–Crippen LogP) is 3.06. The molecule has 0 saturated carbocycles. The number of aromatic nitrogens is 1. The van der Waals surface area contributed by atoms with Crippen LogP contribution in [0.15, 0.2) is 48.7 Å². The maximum Gasteiger partial charge on any atom is 0.131 e. The van der Waals surface area contributed by atoms with E-state index in [-0.39, 0.29) is 0 Å². The molecule has 98 valence electrons. The van der Waals surface area contributed by atoms with E-state index >= 15 is 0 Å². The van der Waals surface area contributed by atoms with Crippen molar-refractivity contribution in [3.63, 3.8) is 0 Å². The second-order valence-electron chi connectivity index (χ2n) is 4.65. The zero-order valence-electron chi connectivity index (χ0n) is 10.7. The van der Waals surface area contributed by atoms with Gasteiger partial charge in [0.15, 0.2) is 0 Å². The summed E-state index contributed by atoms with van der Waals surface area (Å²) in [5, 5.41) is 0.558. The van der Waals surface area contributed by atoms with E-state index in [0.29, 0.717) is 5.15 Å². The Bertz CT molecular complexity index is 536. The summed E-state index contributed by atoms with van der Waals surface area (Å²) in [6, 6.07) is 14.5. The average Bonchev–Trinajstić information content (AvgIpc) is 2.48. The van der Waals surface area contributed by atoms with E-state index in [0.717, 1.165) is 31.9 Å². The summed E-state index contributed by atoms with van der Waals surface area (Å²) in [6.45, 7) is 4.08. The fourth-order valence-corrected chi connectivity index (χ4v) is 2.62. The summed E-state index contributed by atoms with van der Waals surface area (Å²) in [4.78, 5) is 8.80. The first-order valence-electron chi connectivity index (χ1n) is 6.49. The van der Waals surface area contributed by atoms with Crippen LogP contribution in [-0.4, -0.2) is 31.2 Å². The Balaban J connectivity index is 1.67. The molecule has 1 aliphatic rings. The number of anilines is 2. The number of pyridine rings is 1. The molecular weight excluding hydrogens is 258 g/mol. The molecule has 0 atom stereocenters. The number of piperazine rings is 1. The van der Waals surface area contributed by atoms with Crippen LogP contribution in [0, 0.1) is 0 Å². The van der Waals surface area contributed by atoms with Gasteiger partial charge in [0.05, 0.1) is 0 Å². The van der Waals surface area contributed by atoms with Crippen LogP contribution >= 0.6 is 11.6 Å². The number of rotatable bonds is 2. The van der Waals surface area contributed by atoms with Gasteiger partial charge < -0.3 is 9.80 Å². The third-order valence-corrected chi connectivity index (χ3v) is 3.68. The van der Waals surface area contributed by atoms with Crippen molar-refractivity contribution in [3.05, 3.63) is 53.8 Å². The first-order chi connectivity index (χ1) is 9.33. The van der Waals surface area contributed by atoms with Crippen molar-refractivity contribution in [3.8, 4) is 0 Å². The van der Waals surface area contributed by atoms with E-state index in [1.54, 1.807) is 6.20 Å². The molecule has 1 saturated heterocycles. The molecule has 1 aliphatic heterocycles. The highest BCUT2D eigenvalue weighted by molar-refractivity contribution is 6.29. The highest BCUT2D eigenvalue weighted by Gasteiger charge is 2.17. The topological polar surface area (TPSA) is 19.4 Å². The monoisotopic (exact) mass is 273 g/mol. The van der Waals surface area contributed by atoms with Gasteiger partial charge >= 0.3 is 0 Å². The summed E-state index contributed by atoms with van der Waals surface area (Å²) >= 11 is 5.94. The third kappa shape index (κ3) is 2.82. The highest BCUT2D eigenvalue weighted by atomic mass is 35.5. The molecule has 0 N–H and O–H groups in total. The summed E-state index contributed by atoms with van der Waals surface area (Å²) in [5.41, 5.74) is 2.46. The van der Waals surface area contributed by atoms with Crippen LogP contribution in [0.1, 0.15) is 0 Å². The first kappa shape index (κ1) is 12.3. The van der Waals surface area contributed by atoms with Crippen LogP contribution in [0.5, 0.6) is 0 Å². The maximum absolute atomic E-state index is 5.94. The van der Waals surface area contributed by atoms with Crippen molar-refractivity contribution in [2.45, 2.75) is 0 Å². The summed E-state index contributed by atoms with van der Waals surface area (Å²) in [5.74, 6) is 0. The van der Waals surface area contributed by atoms with Crippen LogP contribution in [0.4, 0.5) is 11.4 Å². The lowest BCUT2D eigenvalue weighted by Crippen LogP contribution is -2.46. The van der Waals surface area contributed by atoms with Gasteiger partial charge in [0.2, 0.25) is 0 Å². The van der Waals surface area contributed by atoms with E-state index in [4.69, 9.17) is 11.6 Å². The molecular formula is C15H16ClN3. The number of nitrogens with zero attached hydrogens (tertiary/aromatic N) is 3.